The lowest BCUT2D eigenvalue weighted by atomic mass is 10.0. The fraction of sp³-hybridized carbons (Fsp3) is 0.421. The van der Waals surface area contributed by atoms with E-state index in [4.69, 9.17) is 14.7 Å². The molecule has 0 fully saturated rings. The minimum atomic E-state index is -1.82. The monoisotopic (exact) mass is 327 g/mol. The van der Waals surface area contributed by atoms with E-state index in [1.165, 1.54) is 50.3 Å². The predicted molar refractivity (Wildman–Crippen MR) is 97.6 cm³/mol. The van der Waals surface area contributed by atoms with Crippen LogP contribution in [0.1, 0.15) is 51.0 Å². The maximum Gasteiger partial charge on any atom is 0.707 e. The second-order valence-corrected chi connectivity index (χ2v) is 6.04. The quantitative estimate of drug-likeness (QED) is 0.511. The van der Waals surface area contributed by atoms with Crippen LogP contribution in [0.25, 0.3) is 11.3 Å². The van der Waals surface area contributed by atoms with Crippen LogP contribution in [0.15, 0.2) is 42.6 Å². The molecule has 24 heavy (non-hydrogen) atoms. The van der Waals surface area contributed by atoms with Crippen molar-refractivity contribution in [3.63, 3.8) is 0 Å². The smallest absolute Gasteiger partial charge is 0.511 e. The van der Waals surface area contributed by atoms with Crippen LogP contribution in [-0.2, 0) is 6.42 Å². The lowest BCUT2D eigenvalue weighted by Crippen LogP contribution is -2.20. The molecule has 5 heteroatoms. The normalized spacial score (nSPS) is 10.6. The Morgan fingerprint density at radius 1 is 0.917 bits per heavy atom. The summed E-state index contributed by atoms with van der Waals surface area (Å²) in [5.74, 6) is 0.327. The molecule has 4 nitrogen and oxygen atoms in total. The third-order valence-electron chi connectivity index (χ3n) is 4.05. The van der Waals surface area contributed by atoms with Gasteiger partial charge in [-0.3, -0.25) is 4.98 Å². The van der Waals surface area contributed by atoms with Crippen molar-refractivity contribution in [2.75, 3.05) is 0 Å². The van der Waals surface area contributed by atoms with Gasteiger partial charge in [-0.2, -0.15) is 0 Å². The zero-order valence-corrected chi connectivity index (χ0v) is 14.3. The Labute approximate surface area is 144 Å². The molecule has 0 aliphatic heterocycles. The molecule has 0 unspecified atom stereocenters. The summed E-state index contributed by atoms with van der Waals surface area (Å²) in [4.78, 5) is 4.29. The molecule has 0 radical (unpaired) electrons. The van der Waals surface area contributed by atoms with E-state index >= 15 is 0 Å². The van der Waals surface area contributed by atoms with Crippen molar-refractivity contribution >= 4 is 7.32 Å². The van der Waals surface area contributed by atoms with Gasteiger partial charge in [0.25, 0.3) is 0 Å². The third kappa shape index (κ3) is 6.34. The fourth-order valence-electron chi connectivity index (χ4n) is 2.69. The summed E-state index contributed by atoms with van der Waals surface area (Å²) in [7, 11) is -1.82. The van der Waals surface area contributed by atoms with Crippen molar-refractivity contribution in [1.29, 1.82) is 0 Å². The Hall–Kier alpha value is -1.85. The average Bonchev–Trinajstić information content (AvgIpc) is 2.59. The zero-order chi connectivity index (χ0) is 17.2. The molecule has 2 N–H and O–H groups in total. The van der Waals surface area contributed by atoms with Crippen molar-refractivity contribution in [1.82, 2.24) is 4.98 Å². The first-order valence-electron chi connectivity index (χ1n) is 8.77. The van der Waals surface area contributed by atoms with Gasteiger partial charge in [0.05, 0.1) is 11.9 Å². The van der Waals surface area contributed by atoms with Crippen LogP contribution in [0, 0.1) is 0 Å². The van der Waals surface area contributed by atoms with Gasteiger partial charge in [0, 0.05) is 5.56 Å². The van der Waals surface area contributed by atoms with Gasteiger partial charge in [-0.15, -0.1) is 0 Å². The molecule has 1 aromatic heterocycles. The molecule has 128 valence electrons. The molecule has 0 amide bonds. The SMILES string of the molecule is CCCCCCCCc1ccc(-c2ccc(OB(O)O)cn2)cc1. The van der Waals surface area contributed by atoms with Crippen LogP contribution >= 0.6 is 0 Å². The van der Waals surface area contributed by atoms with Gasteiger partial charge in [0.1, 0.15) is 5.75 Å². The van der Waals surface area contributed by atoms with E-state index in [1.54, 1.807) is 12.1 Å². The third-order valence-corrected chi connectivity index (χ3v) is 4.05. The van der Waals surface area contributed by atoms with Crippen LogP contribution in [0.3, 0.4) is 0 Å². The molecule has 0 saturated carbocycles. The summed E-state index contributed by atoms with van der Waals surface area (Å²) in [5.41, 5.74) is 3.23. The Bertz CT molecular complexity index is 585. The first kappa shape index (κ1) is 18.5. The zero-order valence-electron chi connectivity index (χ0n) is 14.3. The highest BCUT2D eigenvalue weighted by Gasteiger charge is 2.11. The number of pyridine rings is 1. The average molecular weight is 327 g/mol. The maximum atomic E-state index is 8.76. The van der Waals surface area contributed by atoms with Gasteiger partial charge in [0.15, 0.2) is 0 Å². The van der Waals surface area contributed by atoms with Gasteiger partial charge in [-0.25, -0.2) is 0 Å². The first-order chi connectivity index (χ1) is 11.7. The number of hydrogen-bond acceptors (Lipinski definition) is 4. The van der Waals surface area contributed by atoms with Crippen LogP contribution in [-0.4, -0.2) is 22.4 Å². The molecule has 2 aromatic rings. The van der Waals surface area contributed by atoms with Crippen LogP contribution in [0.2, 0.25) is 0 Å². The van der Waals surface area contributed by atoms with Gasteiger partial charge in [-0.1, -0.05) is 63.3 Å². The van der Waals surface area contributed by atoms with Crippen LogP contribution < -0.4 is 4.65 Å². The van der Waals surface area contributed by atoms with Crippen molar-refractivity contribution in [3.8, 4) is 17.0 Å². The Morgan fingerprint density at radius 3 is 2.25 bits per heavy atom. The second-order valence-electron chi connectivity index (χ2n) is 6.04. The van der Waals surface area contributed by atoms with Gasteiger partial charge >= 0.3 is 7.32 Å². The molecule has 0 saturated heterocycles. The van der Waals surface area contributed by atoms with Crippen molar-refractivity contribution in [3.05, 3.63) is 48.2 Å². The molecule has 2 rings (SSSR count). The summed E-state index contributed by atoms with van der Waals surface area (Å²) in [6, 6.07) is 12.0. The molecule has 0 atom stereocenters. The lowest BCUT2D eigenvalue weighted by molar-refractivity contribution is 0.287. The lowest BCUT2D eigenvalue weighted by Gasteiger charge is -2.07. The van der Waals surface area contributed by atoms with E-state index in [9.17, 15) is 0 Å². The summed E-state index contributed by atoms with van der Waals surface area (Å²) >= 11 is 0. The van der Waals surface area contributed by atoms with E-state index in [0.29, 0.717) is 5.75 Å². The number of aromatic nitrogens is 1. The number of hydrogen-bond donors (Lipinski definition) is 2. The second kappa shape index (κ2) is 10.1. The summed E-state index contributed by atoms with van der Waals surface area (Å²) in [6.07, 6.45) is 10.5. The van der Waals surface area contributed by atoms with Crippen LogP contribution in [0.5, 0.6) is 5.75 Å². The maximum absolute atomic E-state index is 8.76. The van der Waals surface area contributed by atoms with Gasteiger partial charge < -0.3 is 14.7 Å². The Kier molecular flexibility index (Phi) is 7.79. The molecule has 0 spiro atoms. The highest BCUT2D eigenvalue weighted by atomic mass is 16.6. The molecule has 1 aromatic carbocycles. The first-order valence-corrected chi connectivity index (χ1v) is 8.77. The fourth-order valence-corrected chi connectivity index (χ4v) is 2.69. The molecular weight excluding hydrogens is 301 g/mol. The van der Waals surface area contributed by atoms with E-state index in [-0.39, 0.29) is 0 Å². The molecule has 0 aliphatic carbocycles. The van der Waals surface area contributed by atoms with E-state index in [0.717, 1.165) is 17.7 Å². The van der Waals surface area contributed by atoms with Gasteiger partial charge in [-0.05, 0) is 30.5 Å². The summed E-state index contributed by atoms with van der Waals surface area (Å²) in [6.45, 7) is 2.24. The van der Waals surface area contributed by atoms with E-state index in [2.05, 4.69) is 36.2 Å². The van der Waals surface area contributed by atoms with Gasteiger partial charge in [0.2, 0.25) is 0 Å². The van der Waals surface area contributed by atoms with Crippen molar-refractivity contribution in [2.24, 2.45) is 0 Å². The topological polar surface area (TPSA) is 62.6 Å². The number of unbranched alkanes of at least 4 members (excludes halogenated alkanes) is 5. The highest BCUT2D eigenvalue weighted by molar-refractivity contribution is 6.33. The van der Waals surface area contributed by atoms with Crippen molar-refractivity contribution < 1.29 is 14.7 Å². The minimum absolute atomic E-state index is 0.327. The van der Waals surface area contributed by atoms with Crippen LogP contribution in [0.4, 0.5) is 0 Å². The van der Waals surface area contributed by atoms with E-state index < -0.39 is 7.32 Å². The predicted octanol–water partition coefficient (Wildman–Crippen LogP) is 4.00. The number of rotatable bonds is 10. The molecular formula is C19H26BNO3. The summed E-state index contributed by atoms with van der Waals surface area (Å²) < 4.78 is 4.75. The highest BCUT2D eigenvalue weighted by Crippen LogP contribution is 2.21. The summed E-state index contributed by atoms with van der Waals surface area (Å²) in [5, 5.41) is 17.5. The Morgan fingerprint density at radius 2 is 1.62 bits per heavy atom. The standard InChI is InChI=1S/C19H26BNO3/c1-2-3-4-5-6-7-8-16-9-11-17(12-10-16)19-14-13-18(15-21-19)24-20(22)23/h9-15,22-23H,2-8H2,1H3. The minimum Gasteiger partial charge on any atom is -0.511 e. The number of benzene rings is 1. The van der Waals surface area contributed by atoms with E-state index in [1.807, 2.05) is 0 Å². The molecule has 0 aliphatic rings. The number of nitrogens with zero attached hydrogens (tertiary/aromatic N) is 1. The largest absolute Gasteiger partial charge is 0.707 e. The molecule has 0 bridgehead atoms. The van der Waals surface area contributed by atoms with Crippen molar-refractivity contribution in [2.45, 2.75) is 51.9 Å². The Balaban J connectivity index is 1.83. The number of aryl methyl sites for hydroxylation is 1. The molecule has 1 heterocycles.